The highest BCUT2D eigenvalue weighted by Gasteiger charge is 2.77. The lowest BCUT2D eigenvalue weighted by Crippen LogP contribution is -2.80. The van der Waals surface area contributed by atoms with Crippen LogP contribution in [0, 0.1) is 34.5 Å². The Morgan fingerprint density at radius 1 is 0.864 bits per heavy atom. The maximum absolute atomic E-state index is 15.4. The van der Waals surface area contributed by atoms with E-state index in [-0.39, 0.29) is 36.2 Å². The number of hydrogen-bond donors (Lipinski definition) is 2. The summed E-state index contributed by atoms with van der Waals surface area (Å²) in [5.41, 5.74) is -3.37. The minimum atomic E-state index is -1.99. The van der Waals surface area contributed by atoms with E-state index in [0.717, 1.165) is 0 Å². The first kappa shape index (κ1) is 42.0. The molecular formula is C48H55NO10. The highest BCUT2D eigenvalue weighted by molar-refractivity contribution is 5.95. The third kappa shape index (κ3) is 6.80. The first-order valence-corrected chi connectivity index (χ1v) is 20.5. The minimum Gasteiger partial charge on any atom is -0.457 e. The average molecular weight is 806 g/mol. The molecule has 11 heteroatoms. The fourth-order valence-corrected chi connectivity index (χ4v) is 10.9. The molecule has 59 heavy (non-hydrogen) atoms. The summed E-state index contributed by atoms with van der Waals surface area (Å²) in [7, 11) is 0. The average Bonchev–Trinajstić information content (AvgIpc) is 3.21. The van der Waals surface area contributed by atoms with Crippen molar-refractivity contribution in [2.45, 2.75) is 104 Å². The molecule has 0 radical (unpaired) electrons. The molecule has 3 aliphatic carbocycles. The molecule has 1 unspecified atom stereocenters. The topological polar surface area (TPSA) is 155 Å². The normalized spacial score (nSPS) is 33.0. The SMILES string of the molecule is CC(=O)O[C@@]12COC1C[C@H](C)[C@@]1(C)C(=O)[C@H](C)C3=C(C)[C@H](OC(=O)[C@@H](C)[C@H](NC(=O)c4ccccc4)c4ccccc4)C[C@@](O)([C@H](OC(=O)c4ccccc4)[C@H]12)C3(C)C. The predicted octanol–water partition coefficient (Wildman–Crippen LogP) is 6.99. The van der Waals surface area contributed by atoms with Gasteiger partial charge in [-0.2, -0.15) is 0 Å². The Balaban J connectivity index is 1.34. The van der Waals surface area contributed by atoms with Crippen molar-refractivity contribution >= 4 is 29.6 Å². The molecule has 1 amide bonds. The van der Waals surface area contributed by atoms with Gasteiger partial charge in [0.15, 0.2) is 5.60 Å². The van der Waals surface area contributed by atoms with Gasteiger partial charge in [0.25, 0.3) is 5.91 Å². The summed E-state index contributed by atoms with van der Waals surface area (Å²) in [6.07, 6.45) is -2.96. The Bertz CT molecular complexity index is 2150. The summed E-state index contributed by atoms with van der Waals surface area (Å²) < 4.78 is 25.3. The summed E-state index contributed by atoms with van der Waals surface area (Å²) in [6, 6.07) is 25.5. The van der Waals surface area contributed by atoms with E-state index in [1.165, 1.54) is 6.92 Å². The lowest BCUT2D eigenvalue weighted by atomic mass is 9.42. The second kappa shape index (κ2) is 15.5. The summed E-state index contributed by atoms with van der Waals surface area (Å²) in [6.45, 7) is 14.0. The van der Waals surface area contributed by atoms with Crippen molar-refractivity contribution in [1.82, 2.24) is 5.32 Å². The molecule has 1 heterocycles. The number of rotatable bonds is 9. The quantitative estimate of drug-likeness (QED) is 0.131. The van der Waals surface area contributed by atoms with Gasteiger partial charge in [-0.15, -0.1) is 0 Å². The first-order valence-electron chi connectivity index (χ1n) is 20.5. The first-order chi connectivity index (χ1) is 27.9. The molecule has 2 bridgehead atoms. The zero-order valence-corrected chi connectivity index (χ0v) is 35.0. The fraction of sp³-hybridized carbons (Fsp3) is 0.479. The van der Waals surface area contributed by atoms with Crippen LogP contribution in [0.1, 0.15) is 101 Å². The van der Waals surface area contributed by atoms with Gasteiger partial charge in [-0.1, -0.05) is 101 Å². The van der Waals surface area contributed by atoms with Crippen molar-refractivity contribution in [2.24, 2.45) is 34.5 Å². The van der Waals surface area contributed by atoms with Gasteiger partial charge in [-0.3, -0.25) is 19.2 Å². The zero-order valence-electron chi connectivity index (χ0n) is 35.0. The van der Waals surface area contributed by atoms with Crippen molar-refractivity contribution in [3.05, 3.63) is 119 Å². The molecule has 1 aliphatic heterocycles. The standard InChI is InChI=1S/C48H55NO10/c1-27-24-36-47(26-56-36,59-31(5)50)39-41(58-44(54)34-22-16-11-17-23-34)48(55)25-35(28(2)37(45(48,6)7)29(3)40(51)46(27,39)8)57-43(53)30(4)38(32-18-12-9-13-19-32)49-42(52)33-20-14-10-15-21-33/h9-23,27,29-30,35-36,38-39,41,55H,24-26H2,1-8H3,(H,49,52)/t27-,29+,30-,35+,36?,38-,39+,41+,46+,47-,48+/m0/s1. The van der Waals surface area contributed by atoms with E-state index in [4.69, 9.17) is 18.9 Å². The maximum atomic E-state index is 15.4. The molecule has 1 saturated heterocycles. The predicted molar refractivity (Wildman–Crippen MR) is 218 cm³/mol. The number of aliphatic hydroxyl groups is 1. The van der Waals surface area contributed by atoms with Crippen LogP contribution in [0.2, 0.25) is 0 Å². The monoisotopic (exact) mass is 805 g/mol. The highest BCUT2D eigenvalue weighted by Crippen LogP contribution is 2.66. The van der Waals surface area contributed by atoms with Crippen LogP contribution in [0.25, 0.3) is 0 Å². The van der Waals surface area contributed by atoms with Gasteiger partial charge in [0.05, 0.1) is 30.0 Å². The van der Waals surface area contributed by atoms with Gasteiger partial charge in [0.2, 0.25) is 0 Å². The Morgan fingerprint density at radius 3 is 2.00 bits per heavy atom. The number of fused-ring (bicyclic) bond motifs is 5. The molecule has 3 aromatic rings. The number of nitrogens with one attached hydrogen (secondary N) is 1. The highest BCUT2D eigenvalue weighted by atomic mass is 16.6. The van der Waals surface area contributed by atoms with Gasteiger partial charge >= 0.3 is 17.9 Å². The summed E-state index contributed by atoms with van der Waals surface area (Å²) in [5, 5.41) is 16.8. The van der Waals surface area contributed by atoms with Gasteiger partial charge in [0.1, 0.15) is 29.7 Å². The molecule has 11 atom stereocenters. The van der Waals surface area contributed by atoms with Crippen LogP contribution in [0.5, 0.6) is 0 Å². The number of Topliss-reactive ketones (excluding diaryl/α,β-unsaturated/α-hetero) is 1. The van der Waals surface area contributed by atoms with Crippen LogP contribution in [-0.2, 0) is 33.3 Å². The van der Waals surface area contributed by atoms with Gasteiger partial charge in [0, 0.05) is 35.7 Å². The third-order valence-corrected chi connectivity index (χ3v) is 14.3. The van der Waals surface area contributed by atoms with E-state index >= 15 is 4.79 Å². The van der Waals surface area contributed by atoms with Crippen LogP contribution >= 0.6 is 0 Å². The van der Waals surface area contributed by atoms with E-state index in [1.54, 1.807) is 61.5 Å². The van der Waals surface area contributed by atoms with E-state index in [9.17, 15) is 24.3 Å². The Hall–Kier alpha value is -5.13. The van der Waals surface area contributed by atoms with Crippen LogP contribution in [0.15, 0.2) is 102 Å². The molecule has 11 nitrogen and oxygen atoms in total. The van der Waals surface area contributed by atoms with Gasteiger partial charge in [-0.05, 0) is 67.2 Å². The molecule has 2 N–H and O–H groups in total. The number of hydrogen-bond acceptors (Lipinski definition) is 10. The summed E-state index contributed by atoms with van der Waals surface area (Å²) in [4.78, 5) is 70.7. The van der Waals surface area contributed by atoms with E-state index < -0.39 is 82.0 Å². The number of carbonyl (C=O) groups excluding carboxylic acids is 5. The Labute approximate surface area is 345 Å². The summed E-state index contributed by atoms with van der Waals surface area (Å²) in [5.74, 6) is -5.59. The number of ketones is 1. The Kier molecular flexibility index (Phi) is 11.0. The molecule has 312 valence electrons. The molecule has 4 aliphatic rings. The molecular weight excluding hydrogens is 751 g/mol. The van der Waals surface area contributed by atoms with Crippen molar-refractivity contribution in [3.63, 3.8) is 0 Å². The molecule has 0 aromatic heterocycles. The maximum Gasteiger partial charge on any atom is 0.338 e. The molecule has 7 rings (SSSR count). The number of esters is 3. The van der Waals surface area contributed by atoms with Crippen molar-refractivity contribution in [2.75, 3.05) is 6.61 Å². The van der Waals surface area contributed by atoms with Gasteiger partial charge in [-0.25, -0.2) is 4.79 Å². The van der Waals surface area contributed by atoms with E-state index in [0.29, 0.717) is 28.7 Å². The molecule has 0 spiro atoms. The van der Waals surface area contributed by atoms with Gasteiger partial charge < -0.3 is 29.4 Å². The second-order valence-electron chi connectivity index (χ2n) is 17.8. The second-order valence-corrected chi connectivity index (χ2v) is 17.8. The number of amides is 1. The van der Waals surface area contributed by atoms with Crippen molar-refractivity contribution < 1.29 is 48.0 Å². The number of ether oxygens (including phenoxy) is 4. The fourth-order valence-electron chi connectivity index (χ4n) is 10.9. The largest absolute Gasteiger partial charge is 0.457 e. The van der Waals surface area contributed by atoms with Crippen LogP contribution < -0.4 is 5.32 Å². The Morgan fingerprint density at radius 2 is 1.44 bits per heavy atom. The summed E-state index contributed by atoms with van der Waals surface area (Å²) >= 11 is 0. The third-order valence-electron chi connectivity index (χ3n) is 14.3. The zero-order chi connectivity index (χ0) is 42.7. The van der Waals surface area contributed by atoms with Crippen LogP contribution in [-0.4, -0.2) is 70.8 Å². The van der Waals surface area contributed by atoms with Crippen molar-refractivity contribution in [3.8, 4) is 0 Å². The van der Waals surface area contributed by atoms with E-state index in [2.05, 4.69) is 5.32 Å². The number of benzene rings is 3. The molecule has 2 saturated carbocycles. The van der Waals surface area contributed by atoms with Crippen molar-refractivity contribution in [1.29, 1.82) is 0 Å². The lowest BCUT2D eigenvalue weighted by Gasteiger charge is -2.68. The minimum absolute atomic E-state index is 0.0605. The van der Waals surface area contributed by atoms with E-state index in [1.807, 2.05) is 77.9 Å². The lowest BCUT2D eigenvalue weighted by molar-refractivity contribution is -0.339. The van der Waals surface area contributed by atoms with Crippen LogP contribution in [0.4, 0.5) is 0 Å². The molecule has 3 fully saturated rings. The molecule has 3 aromatic carbocycles. The smallest absolute Gasteiger partial charge is 0.338 e. The van der Waals surface area contributed by atoms with Crippen LogP contribution in [0.3, 0.4) is 0 Å². The number of carbonyl (C=O) groups is 5.